The summed E-state index contributed by atoms with van der Waals surface area (Å²) in [5.41, 5.74) is 3.79. The van der Waals surface area contributed by atoms with Gasteiger partial charge in [-0.3, -0.25) is 4.21 Å². The summed E-state index contributed by atoms with van der Waals surface area (Å²) in [4.78, 5) is 0. The van der Waals surface area contributed by atoms with Gasteiger partial charge in [0.15, 0.2) is 0 Å². The first-order valence-electron chi connectivity index (χ1n) is 7.87. The van der Waals surface area contributed by atoms with Crippen LogP contribution in [0.3, 0.4) is 0 Å². The molecule has 3 nitrogen and oxygen atoms in total. The van der Waals surface area contributed by atoms with Gasteiger partial charge < -0.3 is 10.1 Å². The molecule has 0 saturated carbocycles. The molecule has 0 aliphatic carbocycles. The first-order chi connectivity index (χ1) is 10.1. The van der Waals surface area contributed by atoms with Crippen LogP contribution < -0.4 is 5.32 Å². The Balaban J connectivity index is 2.03. The summed E-state index contributed by atoms with van der Waals surface area (Å²) in [5, 5.41) is 3.49. The van der Waals surface area contributed by atoms with Crippen LogP contribution in [0.5, 0.6) is 0 Å². The van der Waals surface area contributed by atoms with E-state index in [4.69, 9.17) is 4.74 Å². The third-order valence-corrected chi connectivity index (χ3v) is 5.46. The van der Waals surface area contributed by atoms with Gasteiger partial charge in [-0.05, 0) is 44.4 Å². The topological polar surface area (TPSA) is 38.3 Å². The lowest BCUT2D eigenvalue weighted by Gasteiger charge is -2.21. The zero-order chi connectivity index (χ0) is 15.2. The smallest absolute Gasteiger partial charge is 0.0691 e. The highest BCUT2D eigenvalue weighted by Crippen LogP contribution is 2.21. The molecule has 0 spiro atoms. The number of hydrogen-bond donors (Lipinski definition) is 1. The quantitative estimate of drug-likeness (QED) is 0.841. The minimum absolute atomic E-state index is 0.164. The maximum absolute atomic E-state index is 12.4. The fraction of sp³-hybridized carbons (Fsp3) is 0.647. The minimum atomic E-state index is -0.844. The summed E-state index contributed by atoms with van der Waals surface area (Å²) in [6.45, 7) is 8.04. The summed E-state index contributed by atoms with van der Waals surface area (Å²) in [6, 6.07) is 6.66. The molecule has 2 rings (SSSR count). The van der Waals surface area contributed by atoms with Crippen molar-refractivity contribution >= 4 is 10.8 Å². The van der Waals surface area contributed by atoms with Crippen molar-refractivity contribution in [2.45, 2.75) is 45.8 Å². The molecule has 4 heteroatoms. The molecule has 21 heavy (non-hydrogen) atoms. The molecule has 118 valence electrons. The Morgan fingerprint density at radius 1 is 1.43 bits per heavy atom. The molecule has 1 aromatic carbocycles. The molecule has 1 aliphatic heterocycles. The first-order valence-corrected chi connectivity index (χ1v) is 9.36. The fourth-order valence-electron chi connectivity index (χ4n) is 2.88. The molecule has 1 heterocycles. The number of nitrogens with one attached hydrogen (secondary N) is 1. The summed E-state index contributed by atoms with van der Waals surface area (Å²) >= 11 is 0. The normalized spacial score (nSPS) is 21.4. The Labute approximate surface area is 130 Å². The average molecular weight is 309 g/mol. The summed E-state index contributed by atoms with van der Waals surface area (Å²) < 4.78 is 18.0. The van der Waals surface area contributed by atoms with Crippen molar-refractivity contribution in [2.24, 2.45) is 0 Å². The van der Waals surface area contributed by atoms with E-state index in [-0.39, 0.29) is 12.1 Å². The molecule has 1 saturated heterocycles. The van der Waals surface area contributed by atoms with Crippen molar-refractivity contribution in [2.75, 3.05) is 24.7 Å². The number of hydrogen-bond acceptors (Lipinski definition) is 3. The van der Waals surface area contributed by atoms with Crippen molar-refractivity contribution in [3.05, 3.63) is 34.9 Å². The predicted molar refractivity (Wildman–Crippen MR) is 89.2 cm³/mol. The van der Waals surface area contributed by atoms with Crippen molar-refractivity contribution in [3.8, 4) is 0 Å². The van der Waals surface area contributed by atoms with Gasteiger partial charge in [0.2, 0.25) is 0 Å². The van der Waals surface area contributed by atoms with Gasteiger partial charge in [-0.25, -0.2) is 0 Å². The molecular weight excluding hydrogens is 282 g/mol. The van der Waals surface area contributed by atoms with E-state index in [1.165, 1.54) is 16.7 Å². The maximum atomic E-state index is 12.4. The molecule has 0 amide bonds. The minimum Gasteiger partial charge on any atom is -0.377 e. The highest BCUT2D eigenvalue weighted by Gasteiger charge is 2.21. The number of ether oxygens (including phenoxy) is 1. The fourth-order valence-corrected chi connectivity index (χ4v) is 4.36. The van der Waals surface area contributed by atoms with E-state index in [0.717, 1.165) is 26.0 Å². The largest absolute Gasteiger partial charge is 0.377 e. The van der Waals surface area contributed by atoms with Crippen LogP contribution in [0.15, 0.2) is 18.2 Å². The SMILES string of the molecule is CCNC(CS(=O)CC1CCCO1)c1cc(C)ccc1C. The lowest BCUT2D eigenvalue weighted by Crippen LogP contribution is -2.29. The van der Waals surface area contributed by atoms with E-state index in [0.29, 0.717) is 11.5 Å². The second-order valence-electron chi connectivity index (χ2n) is 5.88. The van der Waals surface area contributed by atoms with Crippen LogP contribution in [-0.2, 0) is 15.5 Å². The molecule has 1 N–H and O–H groups in total. The third-order valence-electron chi connectivity index (χ3n) is 4.01. The third kappa shape index (κ3) is 4.90. The summed E-state index contributed by atoms with van der Waals surface area (Å²) in [6.07, 6.45) is 2.36. The van der Waals surface area contributed by atoms with Gasteiger partial charge in [0.1, 0.15) is 0 Å². The van der Waals surface area contributed by atoms with Gasteiger partial charge >= 0.3 is 0 Å². The van der Waals surface area contributed by atoms with Crippen LogP contribution in [0.2, 0.25) is 0 Å². The first kappa shape index (κ1) is 16.7. The van der Waals surface area contributed by atoms with Crippen LogP contribution in [0.1, 0.15) is 42.5 Å². The highest BCUT2D eigenvalue weighted by atomic mass is 32.2. The van der Waals surface area contributed by atoms with Gasteiger partial charge in [0.25, 0.3) is 0 Å². The van der Waals surface area contributed by atoms with Crippen LogP contribution in [0.25, 0.3) is 0 Å². The maximum Gasteiger partial charge on any atom is 0.0691 e. The Hall–Kier alpha value is -0.710. The lowest BCUT2D eigenvalue weighted by atomic mass is 10.00. The standard InChI is InChI=1S/C17H27NO2S/c1-4-18-17(16-10-13(2)7-8-14(16)3)12-21(19)11-15-6-5-9-20-15/h7-8,10,15,17-18H,4-6,9,11-12H2,1-3H3. The monoisotopic (exact) mass is 309 g/mol. The van der Waals surface area contributed by atoms with Gasteiger partial charge in [0.05, 0.1) is 6.10 Å². The van der Waals surface area contributed by atoms with Crippen LogP contribution in [0.4, 0.5) is 0 Å². The molecule has 1 fully saturated rings. The van der Waals surface area contributed by atoms with Crippen LogP contribution in [-0.4, -0.2) is 35.0 Å². The van der Waals surface area contributed by atoms with Crippen molar-refractivity contribution in [1.29, 1.82) is 0 Å². The zero-order valence-electron chi connectivity index (χ0n) is 13.4. The van der Waals surface area contributed by atoms with E-state index in [9.17, 15) is 4.21 Å². The number of aryl methyl sites for hydroxylation is 2. The molecule has 1 aromatic rings. The van der Waals surface area contributed by atoms with Gasteiger partial charge in [0, 0.05) is 35.0 Å². The predicted octanol–water partition coefficient (Wildman–Crippen LogP) is 2.88. The Kier molecular flexibility index (Phi) is 6.40. The van der Waals surface area contributed by atoms with Crippen molar-refractivity contribution < 1.29 is 8.95 Å². The molecule has 3 unspecified atom stereocenters. The average Bonchev–Trinajstić information content (AvgIpc) is 2.94. The van der Waals surface area contributed by atoms with E-state index in [2.05, 4.69) is 44.3 Å². The van der Waals surface area contributed by atoms with E-state index < -0.39 is 10.8 Å². The summed E-state index contributed by atoms with van der Waals surface area (Å²) in [5.74, 6) is 1.34. The molecule has 0 aromatic heterocycles. The molecular formula is C17H27NO2S. The molecule has 0 radical (unpaired) electrons. The van der Waals surface area contributed by atoms with E-state index in [1.807, 2.05) is 0 Å². The van der Waals surface area contributed by atoms with Gasteiger partial charge in [-0.1, -0.05) is 30.7 Å². The number of benzene rings is 1. The van der Waals surface area contributed by atoms with Crippen molar-refractivity contribution in [3.63, 3.8) is 0 Å². The van der Waals surface area contributed by atoms with Crippen LogP contribution >= 0.6 is 0 Å². The zero-order valence-corrected chi connectivity index (χ0v) is 14.2. The second kappa shape index (κ2) is 8.06. The van der Waals surface area contributed by atoms with Gasteiger partial charge in [-0.2, -0.15) is 0 Å². The molecule has 1 aliphatic rings. The lowest BCUT2D eigenvalue weighted by molar-refractivity contribution is 0.128. The van der Waals surface area contributed by atoms with Gasteiger partial charge in [-0.15, -0.1) is 0 Å². The highest BCUT2D eigenvalue weighted by molar-refractivity contribution is 7.85. The van der Waals surface area contributed by atoms with Crippen LogP contribution in [0, 0.1) is 13.8 Å². The second-order valence-corrected chi connectivity index (χ2v) is 7.42. The molecule has 3 atom stereocenters. The van der Waals surface area contributed by atoms with Crippen molar-refractivity contribution in [1.82, 2.24) is 5.32 Å². The van der Waals surface area contributed by atoms with E-state index in [1.54, 1.807) is 0 Å². The van der Waals surface area contributed by atoms with E-state index >= 15 is 0 Å². The number of rotatable bonds is 7. The molecule has 0 bridgehead atoms. The Morgan fingerprint density at radius 3 is 2.90 bits per heavy atom. The summed E-state index contributed by atoms with van der Waals surface area (Å²) in [7, 11) is -0.844. The Morgan fingerprint density at radius 2 is 2.24 bits per heavy atom. The Bertz CT molecular complexity index is 484.